The van der Waals surface area contributed by atoms with Crippen molar-refractivity contribution in [1.29, 1.82) is 0 Å². The molecule has 0 bridgehead atoms. The van der Waals surface area contributed by atoms with E-state index in [0.29, 0.717) is 0 Å². The van der Waals surface area contributed by atoms with Crippen LogP contribution in [0.3, 0.4) is 0 Å². The lowest BCUT2D eigenvalue weighted by Crippen LogP contribution is -2.34. The lowest BCUT2D eigenvalue weighted by Gasteiger charge is -2.11. The van der Waals surface area contributed by atoms with Gasteiger partial charge in [-0.1, -0.05) is 6.92 Å². The molecule has 1 atom stereocenters. The van der Waals surface area contributed by atoms with Crippen LogP contribution in [0.2, 0.25) is 0 Å². The average Bonchev–Trinajstić information content (AvgIpc) is 2.38. The molecule has 1 rings (SSSR count). The van der Waals surface area contributed by atoms with Gasteiger partial charge in [0, 0.05) is 12.1 Å². The van der Waals surface area contributed by atoms with Crippen LogP contribution in [-0.2, 0) is 4.79 Å². The Labute approximate surface area is 110 Å². The van der Waals surface area contributed by atoms with E-state index in [4.69, 9.17) is 0 Å². The molecule has 1 aromatic rings. The molecule has 7 heteroatoms. The SMILES string of the molecule is CCC(C)NCC(=O)Nc1ccc([N+](=O)[O-])cc1F. The maximum Gasteiger partial charge on any atom is 0.272 e. The van der Waals surface area contributed by atoms with Gasteiger partial charge in [-0.25, -0.2) is 4.39 Å². The van der Waals surface area contributed by atoms with Gasteiger partial charge in [-0.2, -0.15) is 0 Å². The molecule has 2 N–H and O–H groups in total. The van der Waals surface area contributed by atoms with E-state index in [1.54, 1.807) is 0 Å². The van der Waals surface area contributed by atoms with Gasteiger partial charge in [0.25, 0.3) is 5.69 Å². The maximum atomic E-state index is 13.5. The molecular weight excluding hydrogens is 253 g/mol. The highest BCUT2D eigenvalue weighted by atomic mass is 19.1. The van der Waals surface area contributed by atoms with E-state index in [9.17, 15) is 19.3 Å². The fourth-order valence-corrected chi connectivity index (χ4v) is 1.32. The Kier molecular flexibility index (Phi) is 5.37. The molecule has 0 aromatic heterocycles. The van der Waals surface area contributed by atoms with Gasteiger partial charge >= 0.3 is 0 Å². The summed E-state index contributed by atoms with van der Waals surface area (Å²) in [5.41, 5.74) is -0.421. The normalized spacial score (nSPS) is 11.9. The van der Waals surface area contributed by atoms with Crippen LogP contribution in [0.15, 0.2) is 18.2 Å². The first-order valence-electron chi connectivity index (χ1n) is 5.91. The summed E-state index contributed by atoms with van der Waals surface area (Å²) in [6, 6.07) is 3.28. The predicted octanol–water partition coefficient (Wildman–Crippen LogP) is 2.06. The van der Waals surface area contributed by atoms with Crippen LogP contribution >= 0.6 is 0 Å². The van der Waals surface area contributed by atoms with Gasteiger partial charge in [-0.05, 0) is 19.4 Å². The third-order valence-electron chi connectivity index (χ3n) is 2.66. The first-order chi connectivity index (χ1) is 8.93. The number of anilines is 1. The highest BCUT2D eigenvalue weighted by Gasteiger charge is 2.12. The second kappa shape index (κ2) is 6.79. The third-order valence-corrected chi connectivity index (χ3v) is 2.66. The van der Waals surface area contributed by atoms with E-state index in [-0.39, 0.29) is 24.0 Å². The number of non-ortho nitro benzene ring substituents is 1. The lowest BCUT2D eigenvalue weighted by atomic mass is 10.2. The maximum absolute atomic E-state index is 13.5. The molecule has 0 radical (unpaired) electrons. The molecule has 6 nitrogen and oxygen atoms in total. The molecule has 0 spiro atoms. The fourth-order valence-electron chi connectivity index (χ4n) is 1.32. The molecule has 0 aliphatic carbocycles. The Bertz CT molecular complexity index is 479. The molecule has 0 aliphatic heterocycles. The minimum Gasteiger partial charge on any atom is -0.322 e. The summed E-state index contributed by atoms with van der Waals surface area (Å²) < 4.78 is 13.5. The number of halogens is 1. The number of benzene rings is 1. The summed E-state index contributed by atoms with van der Waals surface area (Å²) in [7, 11) is 0. The Morgan fingerprint density at radius 1 is 1.53 bits per heavy atom. The number of nitro groups is 1. The molecule has 0 heterocycles. The number of nitro benzene ring substituents is 1. The summed E-state index contributed by atoms with van der Waals surface area (Å²) in [6.45, 7) is 3.97. The van der Waals surface area contributed by atoms with E-state index in [0.717, 1.165) is 18.6 Å². The van der Waals surface area contributed by atoms with Crippen molar-refractivity contribution in [3.8, 4) is 0 Å². The number of hydrogen-bond acceptors (Lipinski definition) is 4. The van der Waals surface area contributed by atoms with Crippen molar-refractivity contribution in [1.82, 2.24) is 5.32 Å². The van der Waals surface area contributed by atoms with E-state index in [2.05, 4.69) is 10.6 Å². The van der Waals surface area contributed by atoms with Crippen molar-refractivity contribution >= 4 is 17.3 Å². The standard InChI is InChI=1S/C12H16FN3O3/c1-3-8(2)14-7-12(17)15-11-5-4-9(16(18)19)6-10(11)13/h4-6,8,14H,3,7H2,1-2H3,(H,15,17). The number of nitrogens with zero attached hydrogens (tertiary/aromatic N) is 1. The van der Waals surface area contributed by atoms with Crippen molar-refractivity contribution in [3.63, 3.8) is 0 Å². The van der Waals surface area contributed by atoms with Crippen molar-refractivity contribution in [2.24, 2.45) is 0 Å². The van der Waals surface area contributed by atoms with E-state index in [1.807, 2.05) is 13.8 Å². The summed E-state index contributed by atoms with van der Waals surface area (Å²) in [4.78, 5) is 21.3. The third kappa shape index (κ3) is 4.63. The molecular formula is C12H16FN3O3. The monoisotopic (exact) mass is 269 g/mol. The van der Waals surface area contributed by atoms with E-state index < -0.39 is 16.6 Å². The number of hydrogen-bond donors (Lipinski definition) is 2. The quantitative estimate of drug-likeness (QED) is 0.611. The highest BCUT2D eigenvalue weighted by Crippen LogP contribution is 2.20. The summed E-state index contributed by atoms with van der Waals surface area (Å²) in [5, 5.41) is 15.8. The van der Waals surface area contributed by atoms with Gasteiger partial charge in [-0.3, -0.25) is 14.9 Å². The highest BCUT2D eigenvalue weighted by molar-refractivity contribution is 5.92. The lowest BCUT2D eigenvalue weighted by molar-refractivity contribution is -0.385. The Hall–Kier alpha value is -2.02. The largest absolute Gasteiger partial charge is 0.322 e. The van der Waals surface area contributed by atoms with Crippen LogP contribution in [0.4, 0.5) is 15.8 Å². The zero-order valence-electron chi connectivity index (χ0n) is 10.8. The Morgan fingerprint density at radius 2 is 2.21 bits per heavy atom. The summed E-state index contributed by atoms with van der Waals surface area (Å²) in [5.74, 6) is -1.22. The van der Waals surface area contributed by atoms with Crippen LogP contribution in [0.5, 0.6) is 0 Å². The van der Waals surface area contributed by atoms with Crippen molar-refractivity contribution in [3.05, 3.63) is 34.1 Å². The van der Waals surface area contributed by atoms with Gasteiger partial charge < -0.3 is 10.6 Å². The van der Waals surface area contributed by atoms with Crippen LogP contribution in [0.25, 0.3) is 0 Å². The molecule has 0 saturated carbocycles. The summed E-state index contributed by atoms with van der Waals surface area (Å²) in [6.07, 6.45) is 0.874. The van der Waals surface area contributed by atoms with Crippen molar-refractivity contribution < 1.29 is 14.1 Å². The first-order valence-corrected chi connectivity index (χ1v) is 5.91. The predicted molar refractivity (Wildman–Crippen MR) is 69.4 cm³/mol. The van der Waals surface area contributed by atoms with Gasteiger partial charge in [-0.15, -0.1) is 0 Å². The van der Waals surface area contributed by atoms with Crippen molar-refractivity contribution in [2.75, 3.05) is 11.9 Å². The van der Waals surface area contributed by atoms with Crippen molar-refractivity contribution in [2.45, 2.75) is 26.3 Å². The van der Waals surface area contributed by atoms with Crippen LogP contribution in [-0.4, -0.2) is 23.4 Å². The first kappa shape index (κ1) is 15.0. The smallest absolute Gasteiger partial charge is 0.272 e. The zero-order chi connectivity index (χ0) is 14.4. The molecule has 1 aromatic carbocycles. The molecule has 0 fully saturated rings. The Morgan fingerprint density at radius 3 is 2.74 bits per heavy atom. The van der Waals surface area contributed by atoms with Crippen LogP contribution < -0.4 is 10.6 Å². The second-order valence-electron chi connectivity index (χ2n) is 4.16. The number of carbonyl (C=O) groups is 1. The van der Waals surface area contributed by atoms with Gasteiger partial charge in [0.1, 0.15) is 0 Å². The topological polar surface area (TPSA) is 84.3 Å². The van der Waals surface area contributed by atoms with E-state index >= 15 is 0 Å². The van der Waals surface area contributed by atoms with Crippen LogP contribution in [0, 0.1) is 15.9 Å². The number of nitrogens with one attached hydrogen (secondary N) is 2. The Balaban J connectivity index is 2.62. The second-order valence-corrected chi connectivity index (χ2v) is 4.16. The number of rotatable bonds is 6. The minimum atomic E-state index is -0.828. The average molecular weight is 269 g/mol. The molecule has 0 aliphatic rings. The molecule has 1 unspecified atom stereocenters. The van der Waals surface area contributed by atoms with E-state index in [1.165, 1.54) is 6.07 Å². The molecule has 104 valence electrons. The zero-order valence-corrected chi connectivity index (χ0v) is 10.8. The number of carbonyl (C=O) groups excluding carboxylic acids is 1. The summed E-state index contributed by atoms with van der Waals surface area (Å²) >= 11 is 0. The van der Waals surface area contributed by atoms with Gasteiger partial charge in [0.15, 0.2) is 5.82 Å². The molecule has 19 heavy (non-hydrogen) atoms. The van der Waals surface area contributed by atoms with Gasteiger partial charge in [0.2, 0.25) is 5.91 Å². The molecule has 0 saturated heterocycles. The van der Waals surface area contributed by atoms with Gasteiger partial charge in [0.05, 0.1) is 23.2 Å². The molecule has 1 amide bonds. The minimum absolute atomic E-state index is 0.0609. The number of amides is 1. The fraction of sp³-hybridized carbons (Fsp3) is 0.417. The van der Waals surface area contributed by atoms with Crippen LogP contribution in [0.1, 0.15) is 20.3 Å².